The van der Waals surface area contributed by atoms with Gasteiger partial charge in [0.25, 0.3) is 10.0 Å². The molecule has 0 aromatic heterocycles. The van der Waals surface area contributed by atoms with Crippen molar-refractivity contribution in [1.29, 1.82) is 0 Å². The van der Waals surface area contributed by atoms with Crippen LogP contribution in [0.15, 0.2) is 34.2 Å². The highest BCUT2D eigenvalue weighted by atomic mass is 32.2. The van der Waals surface area contributed by atoms with Gasteiger partial charge in [0.15, 0.2) is 0 Å². The lowest BCUT2D eigenvalue weighted by molar-refractivity contribution is -0.138. The maximum atomic E-state index is 12.8. The first kappa shape index (κ1) is 19.2. The SMILES string of the molecule is CC1=C(c2ccc(C)cc2)S(=O)(=O)N=C1N1CCCN(C(=O)C2CCC2)CC1. The summed E-state index contributed by atoms with van der Waals surface area (Å²) in [7, 11) is -3.71. The monoisotopic (exact) mass is 401 g/mol. The lowest BCUT2D eigenvalue weighted by atomic mass is 9.84. The molecule has 0 N–H and O–H groups in total. The van der Waals surface area contributed by atoms with Crippen molar-refractivity contribution in [3.05, 3.63) is 41.0 Å². The van der Waals surface area contributed by atoms with Crippen molar-refractivity contribution in [3.8, 4) is 0 Å². The van der Waals surface area contributed by atoms with Gasteiger partial charge in [0.1, 0.15) is 10.7 Å². The first-order valence-electron chi connectivity index (χ1n) is 10.0. The van der Waals surface area contributed by atoms with Crippen molar-refractivity contribution >= 4 is 26.7 Å². The van der Waals surface area contributed by atoms with Crippen LogP contribution in [-0.2, 0) is 14.8 Å². The second kappa shape index (κ2) is 7.35. The van der Waals surface area contributed by atoms with Gasteiger partial charge in [0, 0.05) is 37.7 Å². The maximum absolute atomic E-state index is 12.8. The molecular formula is C21H27N3O3S. The topological polar surface area (TPSA) is 70.1 Å². The van der Waals surface area contributed by atoms with Crippen LogP contribution in [0.5, 0.6) is 0 Å². The van der Waals surface area contributed by atoms with E-state index in [1.54, 1.807) is 0 Å². The van der Waals surface area contributed by atoms with Crippen LogP contribution in [0.4, 0.5) is 0 Å². The molecule has 1 saturated carbocycles. The highest BCUT2D eigenvalue weighted by Crippen LogP contribution is 2.34. The molecule has 4 rings (SSSR count). The molecule has 1 aliphatic carbocycles. The van der Waals surface area contributed by atoms with Crippen LogP contribution < -0.4 is 0 Å². The summed E-state index contributed by atoms with van der Waals surface area (Å²) in [6.45, 7) is 6.50. The Labute approximate surface area is 167 Å². The summed E-state index contributed by atoms with van der Waals surface area (Å²) in [5.74, 6) is 1.00. The molecular weight excluding hydrogens is 374 g/mol. The van der Waals surface area contributed by atoms with E-state index < -0.39 is 10.0 Å². The molecule has 28 heavy (non-hydrogen) atoms. The summed E-state index contributed by atoms with van der Waals surface area (Å²) in [4.78, 5) is 16.8. The van der Waals surface area contributed by atoms with Crippen LogP contribution in [0.25, 0.3) is 4.91 Å². The summed E-state index contributed by atoms with van der Waals surface area (Å²) in [6, 6.07) is 7.51. The van der Waals surface area contributed by atoms with Crippen LogP contribution >= 0.6 is 0 Å². The number of carbonyl (C=O) groups is 1. The zero-order valence-corrected chi connectivity index (χ0v) is 17.3. The van der Waals surface area contributed by atoms with Gasteiger partial charge in [-0.15, -0.1) is 4.40 Å². The predicted octanol–water partition coefficient (Wildman–Crippen LogP) is 2.80. The van der Waals surface area contributed by atoms with Gasteiger partial charge in [-0.05, 0) is 38.7 Å². The molecule has 0 atom stereocenters. The minimum Gasteiger partial charge on any atom is -0.354 e. The van der Waals surface area contributed by atoms with E-state index in [-0.39, 0.29) is 11.8 Å². The van der Waals surface area contributed by atoms with E-state index in [0.717, 1.165) is 37.8 Å². The van der Waals surface area contributed by atoms with Crippen molar-refractivity contribution in [3.63, 3.8) is 0 Å². The lowest BCUT2D eigenvalue weighted by Crippen LogP contribution is -2.41. The number of sulfonamides is 1. The van der Waals surface area contributed by atoms with Crippen molar-refractivity contribution in [2.75, 3.05) is 26.2 Å². The first-order chi connectivity index (χ1) is 13.4. The largest absolute Gasteiger partial charge is 0.354 e. The average molecular weight is 402 g/mol. The number of nitrogens with zero attached hydrogens (tertiary/aromatic N) is 3. The Morgan fingerprint density at radius 2 is 1.71 bits per heavy atom. The molecule has 2 fully saturated rings. The number of hydrogen-bond acceptors (Lipinski definition) is 4. The van der Waals surface area contributed by atoms with Gasteiger partial charge in [-0.2, -0.15) is 8.42 Å². The number of amides is 1. The third-order valence-corrected chi connectivity index (χ3v) is 7.49. The van der Waals surface area contributed by atoms with E-state index >= 15 is 0 Å². The minimum atomic E-state index is -3.71. The smallest absolute Gasteiger partial charge is 0.285 e. The Bertz CT molecular complexity index is 944. The molecule has 2 heterocycles. The second-order valence-corrected chi connectivity index (χ2v) is 9.54. The Kier molecular flexibility index (Phi) is 5.04. The van der Waals surface area contributed by atoms with E-state index in [1.807, 2.05) is 47.9 Å². The molecule has 1 saturated heterocycles. The quantitative estimate of drug-likeness (QED) is 0.764. The number of aryl methyl sites for hydroxylation is 1. The fraction of sp³-hybridized carbons (Fsp3) is 0.524. The number of rotatable bonds is 2. The van der Waals surface area contributed by atoms with Crippen molar-refractivity contribution in [2.45, 2.75) is 39.5 Å². The van der Waals surface area contributed by atoms with Crippen LogP contribution in [0.2, 0.25) is 0 Å². The van der Waals surface area contributed by atoms with Crippen molar-refractivity contribution < 1.29 is 13.2 Å². The Hall–Kier alpha value is -2.15. The molecule has 0 radical (unpaired) electrons. The van der Waals surface area contributed by atoms with E-state index in [1.165, 1.54) is 0 Å². The molecule has 1 aromatic rings. The zero-order chi connectivity index (χ0) is 19.9. The molecule has 6 nitrogen and oxygen atoms in total. The molecule has 1 amide bonds. The van der Waals surface area contributed by atoms with E-state index in [2.05, 4.69) is 4.40 Å². The normalized spacial score (nSPS) is 22.7. The van der Waals surface area contributed by atoms with E-state index in [9.17, 15) is 13.2 Å². The summed E-state index contributed by atoms with van der Waals surface area (Å²) in [6.07, 6.45) is 3.99. The van der Waals surface area contributed by atoms with Gasteiger partial charge < -0.3 is 9.80 Å². The Morgan fingerprint density at radius 3 is 2.36 bits per heavy atom. The standard InChI is InChI=1S/C21H27N3O3S/c1-15-7-9-17(10-8-15)19-16(2)20(22-28(19,26)27)23-11-4-12-24(14-13-23)21(25)18-5-3-6-18/h7-10,18H,3-6,11-14H2,1-2H3. The number of benzene rings is 1. The van der Waals surface area contributed by atoms with Crippen molar-refractivity contribution in [2.24, 2.45) is 10.3 Å². The van der Waals surface area contributed by atoms with Gasteiger partial charge in [0.05, 0.1) is 0 Å². The van der Waals surface area contributed by atoms with Crippen LogP contribution in [0.1, 0.15) is 43.7 Å². The molecule has 150 valence electrons. The molecule has 1 aromatic carbocycles. The van der Waals surface area contributed by atoms with E-state index in [4.69, 9.17) is 0 Å². The van der Waals surface area contributed by atoms with Gasteiger partial charge in [0.2, 0.25) is 5.91 Å². The fourth-order valence-corrected chi connectivity index (χ4v) is 5.63. The van der Waals surface area contributed by atoms with Gasteiger partial charge in [-0.3, -0.25) is 4.79 Å². The molecule has 0 unspecified atom stereocenters. The number of hydrogen-bond donors (Lipinski definition) is 0. The highest BCUT2D eigenvalue weighted by Gasteiger charge is 2.35. The van der Waals surface area contributed by atoms with Crippen LogP contribution in [0, 0.1) is 12.8 Å². The fourth-order valence-electron chi connectivity index (χ4n) is 4.15. The third-order valence-electron chi connectivity index (χ3n) is 6.02. The maximum Gasteiger partial charge on any atom is 0.285 e. The molecule has 3 aliphatic rings. The Morgan fingerprint density at radius 1 is 1.00 bits per heavy atom. The average Bonchev–Trinajstić information content (AvgIpc) is 2.78. The van der Waals surface area contributed by atoms with Crippen LogP contribution in [-0.4, -0.2) is 56.1 Å². The summed E-state index contributed by atoms with van der Waals surface area (Å²) >= 11 is 0. The molecule has 0 bridgehead atoms. The molecule has 7 heteroatoms. The third kappa shape index (κ3) is 3.48. The Balaban J connectivity index is 1.55. The minimum absolute atomic E-state index is 0.200. The molecule has 0 spiro atoms. The number of amidine groups is 1. The summed E-state index contributed by atoms with van der Waals surface area (Å²) in [5.41, 5.74) is 2.46. The van der Waals surface area contributed by atoms with E-state index in [0.29, 0.717) is 41.5 Å². The predicted molar refractivity (Wildman–Crippen MR) is 110 cm³/mol. The summed E-state index contributed by atoms with van der Waals surface area (Å²) < 4.78 is 29.7. The highest BCUT2D eigenvalue weighted by molar-refractivity contribution is 8.00. The van der Waals surface area contributed by atoms with Gasteiger partial charge >= 0.3 is 0 Å². The number of carbonyl (C=O) groups excluding carboxylic acids is 1. The zero-order valence-electron chi connectivity index (χ0n) is 16.5. The van der Waals surface area contributed by atoms with Crippen molar-refractivity contribution in [1.82, 2.24) is 9.80 Å². The van der Waals surface area contributed by atoms with Gasteiger partial charge in [-0.25, -0.2) is 0 Å². The van der Waals surface area contributed by atoms with Gasteiger partial charge in [-0.1, -0.05) is 36.2 Å². The van der Waals surface area contributed by atoms with Crippen LogP contribution in [0.3, 0.4) is 0 Å². The second-order valence-electron chi connectivity index (χ2n) is 8.00. The lowest BCUT2D eigenvalue weighted by Gasteiger charge is -2.31. The first-order valence-corrected chi connectivity index (χ1v) is 11.5. The molecule has 2 aliphatic heterocycles. The summed E-state index contributed by atoms with van der Waals surface area (Å²) in [5, 5.41) is 0.